The van der Waals surface area contributed by atoms with E-state index in [0.717, 1.165) is 18.7 Å². The largest absolute Gasteiger partial charge is 0.386 e. The van der Waals surface area contributed by atoms with Crippen LogP contribution in [-0.2, 0) is 24.0 Å². The zero-order valence-corrected chi connectivity index (χ0v) is 17.0. The maximum absolute atomic E-state index is 12.8. The summed E-state index contributed by atoms with van der Waals surface area (Å²) in [6.07, 6.45) is -2.87. The molecule has 5 atom stereocenters. The topological polar surface area (TPSA) is 221 Å². The second-order valence-electron chi connectivity index (χ2n) is 6.96. The Balaban J connectivity index is 3.96. The van der Waals surface area contributed by atoms with Crippen LogP contribution in [0.2, 0.25) is 0 Å². The van der Waals surface area contributed by atoms with Gasteiger partial charge in [-0.2, -0.15) is 0 Å². The van der Waals surface area contributed by atoms with Crippen LogP contribution in [0.4, 0.5) is 0 Å². The average molecular weight is 442 g/mol. The molecule has 5 N–H and O–H groups in total. The molecule has 0 radical (unpaired) electrons. The number of aliphatic hydroxyl groups is 5. The molecule has 13 nitrogen and oxygen atoms in total. The van der Waals surface area contributed by atoms with Gasteiger partial charge in [0.2, 0.25) is 11.2 Å². The molecule has 0 bridgehead atoms. The second-order valence-corrected chi connectivity index (χ2v) is 6.96. The molecule has 0 saturated carbocycles. The van der Waals surface area contributed by atoms with Gasteiger partial charge < -0.3 is 25.5 Å². The number of hydrogen-bond donors (Lipinski definition) is 5. The Bertz CT molecular complexity index is 940. The van der Waals surface area contributed by atoms with Gasteiger partial charge in [0.15, 0.2) is 28.7 Å². The predicted molar refractivity (Wildman–Crippen MR) is 97.4 cm³/mol. The highest BCUT2D eigenvalue weighted by Gasteiger charge is 2.76. The normalized spacial score (nSPS) is 19.1. The van der Waals surface area contributed by atoms with Gasteiger partial charge in [0.25, 0.3) is 5.78 Å². The van der Waals surface area contributed by atoms with Gasteiger partial charge in [0.1, 0.15) is 18.5 Å². The lowest BCUT2D eigenvalue weighted by Gasteiger charge is -2.49. The number of rotatable bonds is 10. The molecule has 1 aromatic heterocycles. The summed E-state index contributed by atoms with van der Waals surface area (Å²) in [5, 5.41) is 53.2. The number of ketones is 5. The molecular formula is C18H22N2O11. The van der Waals surface area contributed by atoms with Crippen molar-refractivity contribution in [3.63, 3.8) is 0 Å². The van der Waals surface area contributed by atoms with Crippen molar-refractivity contribution in [2.75, 3.05) is 0 Å². The third kappa shape index (κ3) is 3.66. The summed E-state index contributed by atoms with van der Waals surface area (Å²) in [6.45, 7) is 2.09. The molecule has 13 heteroatoms. The van der Waals surface area contributed by atoms with Crippen LogP contribution in [0, 0.1) is 0 Å². The van der Waals surface area contributed by atoms with E-state index in [1.807, 2.05) is 0 Å². The minimum absolute atomic E-state index is 0.434. The van der Waals surface area contributed by atoms with E-state index in [4.69, 9.17) is 0 Å². The zero-order chi connectivity index (χ0) is 24.5. The lowest BCUT2D eigenvalue weighted by molar-refractivity contribution is -0.250. The Morgan fingerprint density at radius 2 is 1.39 bits per heavy atom. The summed E-state index contributed by atoms with van der Waals surface area (Å²) in [5.41, 5.74) is -12.3. The summed E-state index contributed by atoms with van der Waals surface area (Å²) >= 11 is 0. The SMILES string of the molecule is CC(=O)C(O)[C@@H](O)[C@](O)(C(C)=O)[C@@](O)(C(C)=O)[C@](O)(C(C)=O)C(=O)C(=O)n1ccnc1. The molecule has 31 heavy (non-hydrogen) atoms. The van der Waals surface area contributed by atoms with Gasteiger partial charge in [-0.3, -0.25) is 33.3 Å². The van der Waals surface area contributed by atoms with Crippen molar-refractivity contribution in [1.29, 1.82) is 0 Å². The maximum atomic E-state index is 12.8. The van der Waals surface area contributed by atoms with Crippen LogP contribution >= 0.6 is 0 Å². The lowest BCUT2D eigenvalue weighted by Crippen LogP contribution is -2.82. The van der Waals surface area contributed by atoms with Crippen molar-refractivity contribution in [1.82, 2.24) is 9.55 Å². The van der Waals surface area contributed by atoms with Crippen LogP contribution in [0.15, 0.2) is 18.7 Å². The summed E-state index contributed by atoms with van der Waals surface area (Å²) in [6, 6.07) is 0. The molecule has 170 valence electrons. The van der Waals surface area contributed by atoms with Crippen LogP contribution < -0.4 is 0 Å². The number of carbonyl (C=O) groups is 6. The first kappa shape index (κ1) is 26.1. The van der Waals surface area contributed by atoms with Gasteiger partial charge in [0, 0.05) is 12.4 Å². The highest BCUT2D eigenvalue weighted by atomic mass is 16.4. The zero-order valence-electron chi connectivity index (χ0n) is 17.0. The summed E-state index contributed by atoms with van der Waals surface area (Å²) in [7, 11) is 0. The lowest BCUT2D eigenvalue weighted by atomic mass is 9.61. The first-order valence-electron chi connectivity index (χ1n) is 8.66. The van der Waals surface area contributed by atoms with Crippen LogP contribution in [0.1, 0.15) is 32.5 Å². The molecule has 1 aromatic rings. The van der Waals surface area contributed by atoms with E-state index in [0.29, 0.717) is 32.3 Å². The van der Waals surface area contributed by atoms with Gasteiger partial charge in [-0.05, 0) is 27.7 Å². The second kappa shape index (κ2) is 8.64. The monoisotopic (exact) mass is 442 g/mol. The third-order valence-electron chi connectivity index (χ3n) is 5.04. The summed E-state index contributed by atoms with van der Waals surface area (Å²) in [4.78, 5) is 77.3. The van der Waals surface area contributed by atoms with E-state index in [1.54, 1.807) is 0 Å². The summed E-state index contributed by atoms with van der Waals surface area (Å²) < 4.78 is 0.463. The smallest absolute Gasteiger partial charge is 0.302 e. The molecule has 0 aliphatic carbocycles. The molecule has 0 spiro atoms. The van der Waals surface area contributed by atoms with Crippen molar-refractivity contribution >= 4 is 34.8 Å². The highest BCUT2D eigenvalue weighted by Crippen LogP contribution is 2.40. The molecule has 0 fully saturated rings. The van der Waals surface area contributed by atoms with Gasteiger partial charge in [0.05, 0.1) is 0 Å². The number of imidazole rings is 1. The fraction of sp³-hybridized carbons (Fsp3) is 0.500. The Kier molecular flexibility index (Phi) is 7.27. The Labute approximate surface area is 174 Å². The van der Waals surface area contributed by atoms with Crippen molar-refractivity contribution < 1.29 is 54.3 Å². The van der Waals surface area contributed by atoms with E-state index in [2.05, 4.69) is 4.98 Å². The Hall–Kier alpha value is -2.97. The van der Waals surface area contributed by atoms with Crippen LogP contribution in [-0.4, -0.2) is 98.9 Å². The molecule has 1 rings (SSSR count). The first-order valence-corrected chi connectivity index (χ1v) is 8.66. The maximum Gasteiger partial charge on any atom is 0.302 e. The third-order valence-corrected chi connectivity index (χ3v) is 5.04. The Morgan fingerprint density at radius 3 is 1.71 bits per heavy atom. The standard InChI is InChI=1S/C18H22N2O11/c1-8(21)12(25)13(26)16(29,9(2)22)18(31,11(4)24)17(30,10(3)23)14(27)15(28)20-6-5-19-7-20/h5-7,12-13,25-26,29-31H,1-4H3/t12?,13-,16-,17+,18+/m1/s1. The molecule has 0 aromatic carbocycles. The number of hydrogen-bond acceptors (Lipinski definition) is 12. The van der Waals surface area contributed by atoms with Gasteiger partial charge in [-0.25, -0.2) is 4.98 Å². The van der Waals surface area contributed by atoms with Crippen LogP contribution in [0.3, 0.4) is 0 Å². The van der Waals surface area contributed by atoms with E-state index >= 15 is 0 Å². The fourth-order valence-electron chi connectivity index (χ4n) is 3.16. The number of carbonyl (C=O) groups excluding carboxylic acids is 6. The van der Waals surface area contributed by atoms with Crippen molar-refractivity contribution in [3.8, 4) is 0 Å². The average Bonchev–Trinajstić information content (AvgIpc) is 3.23. The van der Waals surface area contributed by atoms with Crippen LogP contribution in [0.5, 0.6) is 0 Å². The molecule has 0 aliphatic heterocycles. The predicted octanol–water partition coefficient (Wildman–Crippen LogP) is -3.64. The number of nitrogens with zero attached hydrogens (tertiary/aromatic N) is 2. The van der Waals surface area contributed by atoms with E-state index in [-0.39, 0.29) is 0 Å². The highest BCUT2D eigenvalue weighted by molar-refractivity contribution is 6.46. The van der Waals surface area contributed by atoms with Crippen molar-refractivity contribution in [2.45, 2.75) is 56.7 Å². The summed E-state index contributed by atoms with van der Waals surface area (Å²) in [5.74, 6) is -10.4. The Morgan fingerprint density at radius 1 is 0.871 bits per heavy atom. The quantitative estimate of drug-likeness (QED) is 0.175. The van der Waals surface area contributed by atoms with E-state index < -0.39 is 63.8 Å². The molecule has 0 saturated heterocycles. The molecule has 1 heterocycles. The van der Waals surface area contributed by atoms with Crippen molar-refractivity contribution in [2.24, 2.45) is 0 Å². The molecule has 1 unspecified atom stereocenters. The van der Waals surface area contributed by atoms with Crippen LogP contribution in [0.25, 0.3) is 0 Å². The molecular weight excluding hydrogens is 420 g/mol. The van der Waals surface area contributed by atoms with Crippen molar-refractivity contribution in [3.05, 3.63) is 18.7 Å². The fourth-order valence-corrected chi connectivity index (χ4v) is 3.16. The van der Waals surface area contributed by atoms with E-state index in [9.17, 15) is 54.3 Å². The minimum atomic E-state index is -4.21. The first-order chi connectivity index (χ1) is 14.0. The van der Waals surface area contributed by atoms with Gasteiger partial charge in [-0.15, -0.1) is 0 Å². The van der Waals surface area contributed by atoms with Gasteiger partial charge >= 0.3 is 5.91 Å². The number of aliphatic hydroxyl groups excluding tert-OH is 2. The number of aromatic nitrogens is 2. The van der Waals surface area contributed by atoms with Gasteiger partial charge in [-0.1, -0.05) is 0 Å². The molecule has 0 aliphatic rings. The minimum Gasteiger partial charge on any atom is -0.386 e. The van der Waals surface area contributed by atoms with E-state index in [1.165, 1.54) is 0 Å². The number of Topliss-reactive ketones (excluding diaryl/α,β-unsaturated/α-hetero) is 5. The molecule has 0 amide bonds.